The number of nitrogens with one attached hydrogen (secondary N) is 1. The third-order valence-electron chi connectivity index (χ3n) is 2.96. The van der Waals surface area contributed by atoms with Gasteiger partial charge in [0.2, 0.25) is 0 Å². The highest BCUT2D eigenvalue weighted by atomic mass is 19.1. The van der Waals surface area contributed by atoms with Gasteiger partial charge < -0.3 is 10.1 Å². The van der Waals surface area contributed by atoms with Crippen LogP contribution in [0.25, 0.3) is 0 Å². The van der Waals surface area contributed by atoms with E-state index in [0.717, 1.165) is 16.9 Å². The van der Waals surface area contributed by atoms with E-state index in [9.17, 15) is 9.18 Å². The number of benzene rings is 2. The predicted molar refractivity (Wildman–Crippen MR) is 75.3 cm³/mol. The molecule has 0 aliphatic heterocycles. The summed E-state index contributed by atoms with van der Waals surface area (Å²) < 4.78 is 18.3. The molecule has 0 aliphatic rings. The predicted octanol–water partition coefficient (Wildman–Crippen LogP) is 3.07. The van der Waals surface area contributed by atoms with E-state index in [0.29, 0.717) is 12.1 Å². The summed E-state index contributed by atoms with van der Waals surface area (Å²) >= 11 is 0. The van der Waals surface area contributed by atoms with Crippen LogP contribution in [0, 0.1) is 12.7 Å². The maximum absolute atomic E-state index is 13.1. The van der Waals surface area contributed by atoms with E-state index in [-0.39, 0.29) is 5.91 Å². The lowest BCUT2D eigenvalue weighted by molar-refractivity contribution is 0.0950. The van der Waals surface area contributed by atoms with Gasteiger partial charge in [0.05, 0.1) is 7.11 Å². The van der Waals surface area contributed by atoms with Crippen molar-refractivity contribution in [1.82, 2.24) is 5.32 Å². The van der Waals surface area contributed by atoms with Crippen LogP contribution < -0.4 is 10.1 Å². The summed E-state index contributed by atoms with van der Waals surface area (Å²) in [6, 6.07) is 11.4. The van der Waals surface area contributed by atoms with Crippen molar-refractivity contribution >= 4 is 5.91 Å². The van der Waals surface area contributed by atoms with Gasteiger partial charge in [0, 0.05) is 17.7 Å². The molecule has 2 aromatic carbocycles. The van der Waals surface area contributed by atoms with Crippen LogP contribution in [0.5, 0.6) is 5.75 Å². The van der Waals surface area contributed by atoms with Crippen LogP contribution in [0.4, 0.5) is 4.39 Å². The summed E-state index contributed by atoms with van der Waals surface area (Å²) in [5, 5.41) is 2.76. The number of aryl methyl sites for hydroxylation is 1. The van der Waals surface area contributed by atoms with Gasteiger partial charge in [0.1, 0.15) is 11.6 Å². The van der Waals surface area contributed by atoms with Gasteiger partial charge in [0.25, 0.3) is 5.91 Å². The summed E-state index contributed by atoms with van der Waals surface area (Å²) in [5.41, 5.74) is 2.27. The van der Waals surface area contributed by atoms with E-state index in [4.69, 9.17) is 4.74 Å². The largest absolute Gasteiger partial charge is 0.496 e. The molecule has 0 fully saturated rings. The first-order valence-electron chi connectivity index (χ1n) is 6.27. The molecule has 0 aliphatic carbocycles. The fourth-order valence-corrected chi connectivity index (χ4v) is 1.95. The third-order valence-corrected chi connectivity index (χ3v) is 2.96. The molecule has 1 amide bonds. The molecule has 0 spiro atoms. The van der Waals surface area contributed by atoms with Crippen LogP contribution in [-0.4, -0.2) is 13.0 Å². The average Bonchev–Trinajstić information content (AvgIpc) is 2.45. The summed E-state index contributed by atoms with van der Waals surface area (Å²) in [4.78, 5) is 11.9. The second kappa shape index (κ2) is 6.19. The number of halogens is 1. The number of rotatable bonds is 4. The molecule has 2 rings (SSSR count). The van der Waals surface area contributed by atoms with Crippen LogP contribution in [0.1, 0.15) is 21.5 Å². The standard InChI is InChI=1S/C16H16FNO2/c1-11-6-7-15(20-2)13(8-11)10-18-16(19)12-4-3-5-14(17)9-12/h3-9H,10H2,1-2H3,(H,18,19). The zero-order valence-corrected chi connectivity index (χ0v) is 11.4. The normalized spacial score (nSPS) is 10.2. The molecule has 104 valence electrons. The molecule has 4 heteroatoms. The second-order valence-corrected chi connectivity index (χ2v) is 4.51. The molecule has 1 N–H and O–H groups in total. The van der Waals surface area contributed by atoms with Crippen molar-refractivity contribution < 1.29 is 13.9 Å². The first-order valence-corrected chi connectivity index (χ1v) is 6.27. The lowest BCUT2D eigenvalue weighted by atomic mass is 10.1. The minimum absolute atomic E-state index is 0.302. The minimum atomic E-state index is -0.425. The molecule has 20 heavy (non-hydrogen) atoms. The topological polar surface area (TPSA) is 38.3 Å². The average molecular weight is 273 g/mol. The van der Waals surface area contributed by atoms with Crippen LogP contribution in [0.3, 0.4) is 0 Å². The highest BCUT2D eigenvalue weighted by Crippen LogP contribution is 2.19. The molecule has 0 saturated heterocycles. The Kier molecular flexibility index (Phi) is 4.35. The highest BCUT2D eigenvalue weighted by Gasteiger charge is 2.08. The first kappa shape index (κ1) is 14.1. The highest BCUT2D eigenvalue weighted by molar-refractivity contribution is 5.94. The Morgan fingerprint density at radius 3 is 2.75 bits per heavy atom. The first-order chi connectivity index (χ1) is 9.60. The van der Waals surface area contributed by atoms with Crippen LogP contribution in [0.2, 0.25) is 0 Å². The Hall–Kier alpha value is -2.36. The maximum Gasteiger partial charge on any atom is 0.251 e. The van der Waals surface area contributed by atoms with Crippen LogP contribution >= 0.6 is 0 Å². The number of carbonyl (C=O) groups excluding carboxylic acids is 1. The molecule has 3 nitrogen and oxygen atoms in total. The Bertz CT molecular complexity index is 626. The number of hydrogen-bond acceptors (Lipinski definition) is 2. The molecule has 0 heterocycles. The molecule has 0 unspecified atom stereocenters. The molecule has 0 bridgehead atoms. The summed E-state index contributed by atoms with van der Waals surface area (Å²) in [6.07, 6.45) is 0. The Balaban J connectivity index is 2.09. The zero-order chi connectivity index (χ0) is 14.5. The minimum Gasteiger partial charge on any atom is -0.496 e. The number of hydrogen-bond donors (Lipinski definition) is 1. The Labute approximate surface area is 117 Å². The van der Waals surface area contributed by atoms with Crippen molar-refractivity contribution in [2.45, 2.75) is 13.5 Å². The Morgan fingerprint density at radius 2 is 2.05 bits per heavy atom. The van der Waals surface area contributed by atoms with E-state index in [2.05, 4.69) is 5.32 Å². The number of ether oxygens (including phenoxy) is 1. The van der Waals surface area contributed by atoms with E-state index < -0.39 is 5.82 Å². The van der Waals surface area contributed by atoms with Crippen LogP contribution in [-0.2, 0) is 6.54 Å². The monoisotopic (exact) mass is 273 g/mol. The lowest BCUT2D eigenvalue weighted by Crippen LogP contribution is -2.23. The van der Waals surface area contributed by atoms with Crippen molar-refractivity contribution in [1.29, 1.82) is 0 Å². The summed E-state index contributed by atoms with van der Waals surface area (Å²) in [7, 11) is 1.59. The maximum atomic E-state index is 13.1. The molecule has 0 saturated carbocycles. The number of amides is 1. The molecule has 2 aromatic rings. The van der Waals surface area contributed by atoms with Gasteiger partial charge in [-0.05, 0) is 31.2 Å². The fourth-order valence-electron chi connectivity index (χ4n) is 1.95. The van der Waals surface area contributed by atoms with Crippen molar-refractivity contribution in [2.24, 2.45) is 0 Å². The van der Waals surface area contributed by atoms with Gasteiger partial charge >= 0.3 is 0 Å². The molecular weight excluding hydrogens is 257 g/mol. The van der Waals surface area contributed by atoms with E-state index >= 15 is 0 Å². The summed E-state index contributed by atoms with van der Waals surface area (Å²) in [5.74, 6) is -0.0195. The molecular formula is C16H16FNO2. The van der Waals surface area contributed by atoms with Gasteiger partial charge in [-0.1, -0.05) is 23.8 Å². The SMILES string of the molecule is COc1ccc(C)cc1CNC(=O)c1cccc(F)c1. The summed E-state index contributed by atoms with van der Waals surface area (Å²) in [6.45, 7) is 2.30. The smallest absolute Gasteiger partial charge is 0.251 e. The number of carbonyl (C=O) groups is 1. The van der Waals surface area contributed by atoms with E-state index in [1.807, 2.05) is 25.1 Å². The molecule has 0 radical (unpaired) electrons. The van der Waals surface area contributed by atoms with Gasteiger partial charge in [0.15, 0.2) is 0 Å². The fraction of sp³-hybridized carbons (Fsp3) is 0.188. The van der Waals surface area contributed by atoms with Gasteiger partial charge in [-0.2, -0.15) is 0 Å². The number of methoxy groups -OCH3 is 1. The van der Waals surface area contributed by atoms with Crippen molar-refractivity contribution in [2.75, 3.05) is 7.11 Å². The van der Waals surface area contributed by atoms with Crippen molar-refractivity contribution in [3.05, 3.63) is 65.0 Å². The van der Waals surface area contributed by atoms with Crippen LogP contribution in [0.15, 0.2) is 42.5 Å². The lowest BCUT2D eigenvalue weighted by Gasteiger charge is -2.10. The van der Waals surface area contributed by atoms with E-state index in [1.165, 1.54) is 18.2 Å². The van der Waals surface area contributed by atoms with Crippen molar-refractivity contribution in [3.63, 3.8) is 0 Å². The van der Waals surface area contributed by atoms with Crippen molar-refractivity contribution in [3.8, 4) is 5.75 Å². The third kappa shape index (κ3) is 3.35. The Morgan fingerprint density at radius 1 is 1.25 bits per heavy atom. The van der Waals surface area contributed by atoms with E-state index in [1.54, 1.807) is 13.2 Å². The molecule has 0 atom stereocenters. The van der Waals surface area contributed by atoms with Gasteiger partial charge in [-0.15, -0.1) is 0 Å². The quantitative estimate of drug-likeness (QED) is 0.929. The van der Waals surface area contributed by atoms with Gasteiger partial charge in [-0.3, -0.25) is 4.79 Å². The van der Waals surface area contributed by atoms with Gasteiger partial charge in [-0.25, -0.2) is 4.39 Å². The second-order valence-electron chi connectivity index (χ2n) is 4.51. The zero-order valence-electron chi connectivity index (χ0n) is 11.4. The molecule has 0 aromatic heterocycles.